The van der Waals surface area contributed by atoms with Gasteiger partial charge in [0, 0.05) is 18.3 Å². The Morgan fingerprint density at radius 1 is 1.00 bits per heavy atom. The minimum absolute atomic E-state index is 0.0452. The van der Waals surface area contributed by atoms with Gasteiger partial charge < -0.3 is 10.6 Å². The molecule has 0 radical (unpaired) electrons. The Bertz CT molecular complexity index is 714. The Labute approximate surface area is 128 Å². The van der Waals surface area contributed by atoms with Gasteiger partial charge >= 0.3 is 0 Å². The van der Waals surface area contributed by atoms with Crippen molar-refractivity contribution in [3.8, 4) is 0 Å². The molecule has 114 valence electrons. The van der Waals surface area contributed by atoms with Gasteiger partial charge in [-0.1, -0.05) is 24.3 Å². The molecule has 2 aromatic rings. The first-order chi connectivity index (χ1) is 10.5. The Balaban J connectivity index is 2.12. The minimum Gasteiger partial charge on any atom is -0.326 e. The molecule has 5 heteroatoms. The number of amides is 2. The lowest BCUT2D eigenvalue weighted by Gasteiger charge is -2.13. The molecule has 0 bridgehead atoms. The maximum absolute atomic E-state index is 13.5. The molecule has 0 fully saturated rings. The fraction of sp³-hybridized carbons (Fsp3) is 0.176. The van der Waals surface area contributed by atoms with Crippen LogP contribution in [0.15, 0.2) is 42.5 Å². The SMILES string of the molecule is CC(=O)Nc1cccc(NC(=O)Cc2ccccc2F)c1C. The van der Waals surface area contributed by atoms with E-state index >= 15 is 0 Å². The molecular weight excluding hydrogens is 283 g/mol. The number of nitrogens with one attached hydrogen (secondary N) is 2. The first-order valence-electron chi connectivity index (χ1n) is 6.88. The summed E-state index contributed by atoms with van der Waals surface area (Å²) < 4.78 is 13.5. The second kappa shape index (κ2) is 6.85. The van der Waals surface area contributed by atoms with Crippen molar-refractivity contribution in [2.75, 3.05) is 10.6 Å². The van der Waals surface area contributed by atoms with Crippen LogP contribution in [0.25, 0.3) is 0 Å². The fourth-order valence-corrected chi connectivity index (χ4v) is 2.11. The van der Waals surface area contributed by atoms with Crippen molar-refractivity contribution in [3.63, 3.8) is 0 Å². The number of carbonyl (C=O) groups is 2. The van der Waals surface area contributed by atoms with Crippen LogP contribution in [0.4, 0.5) is 15.8 Å². The van der Waals surface area contributed by atoms with Crippen molar-refractivity contribution in [2.45, 2.75) is 20.3 Å². The number of hydrogen-bond acceptors (Lipinski definition) is 2. The van der Waals surface area contributed by atoms with E-state index in [2.05, 4.69) is 10.6 Å². The van der Waals surface area contributed by atoms with Gasteiger partial charge in [-0.3, -0.25) is 9.59 Å². The van der Waals surface area contributed by atoms with Crippen LogP contribution in [0.2, 0.25) is 0 Å². The minimum atomic E-state index is -0.402. The quantitative estimate of drug-likeness (QED) is 0.910. The van der Waals surface area contributed by atoms with Gasteiger partial charge in [-0.25, -0.2) is 4.39 Å². The molecule has 0 atom stereocenters. The molecule has 0 unspecified atom stereocenters. The summed E-state index contributed by atoms with van der Waals surface area (Å²) in [6.45, 7) is 3.22. The molecule has 0 saturated heterocycles. The summed E-state index contributed by atoms with van der Waals surface area (Å²) in [5, 5.41) is 5.44. The number of benzene rings is 2. The van der Waals surface area contributed by atoms with E-state index in [-0.39, 0.29) is 18.2 Å². The van der Waals surface area contributed by atoms with Gasteiger partial charge in [0.1, 0.15) is 5.82 Å². The molecule has 0 saturated carbocycles. The molecule has 2 rings (SSSR count). The topological polar surface area (TPSA) is 58.2 Å². The third kappa shape index (κ3) is 3.91. The van der Waals surface area contributed by atoms with Crippen molar-refractivity contribution in [2.24, 2.45) is 0 Å². The molecule has 4 nitrogen and oxygen atoms in total. The smallest absolute Gasteiger partial charge is 0.228 e. The summed E-state index contributed by atoms with van der Waals surface area (Å²) in [5.74, 6) is -0.896. The van der Waals surface area contributed by atoms with Crippen LogP contribution >= 0.6 is 0 Å². The standard InChI is InChI=1S/C17H17FN2O2/c1-11-15(19-12(2)21)8-5-9-16(11)20-17(22)10-13-6-3-4-7-14(13)18/h3-9H,10H2,1-2H3,(H,19,21)(H,20,22). The van der Waals surface area contributed by atoms with Gasteiger partial charge in [-0.15, -0.1) is 0 Å². The average Bonchev–Trinajstić information content (AvgIpc) is 2.45. The summed E-state index contributed by atoms with van der Waals surface area (Å²) in [6, 6.07) is 11.4. The van der Waals surface area contributed by atoms with E-state index in [1.54, 1.807) is 43.3 Å². The molecule has 0 aliphatic carbocycles. The number of rotatable bonds is 4. The van der Waals surface area contributed by atoms with E-state index in [9.17, 15) is 14.0 Å². The summed E-state index contributed by atoms with van der Waals surface area (Å²) in [6.07, 6.45) is -0.0452. The number of carbonyl (C=O) groups excluding carboxylic acids is 2. The third-order valence-corrected chi connectivity index (χ3v) is 3.23. The zero-order valence-electron chi connectivity index (χ0n) is 12.4. The lowest BCUT2D eigenvalue weighted by molar-refractivity contribution is -0.116. The highest BCUT2D eigenvalue weighted by Crippen LogP contribution is 2.23. The maximum Gasteiger partial charge on any atom is 0.228 e. The average molecular weight is 300 g/mol. The molecule has 2 amide bonds. The van der Waals surface area contributed by atoms with Crippen molar-refractivity contribution >= 4 is 23.2 Å². The van der Waals surface area contributed by atoms with Gasteiger partial charge in [0.15, 0.2) is 0 Å². The predicted octanol–water partition coefficient (Wildman–Crippen LogP) is 3.27. The van der Waals surface area contributed by atoms with E-state index in [1.165, 1.54) is 13.0 Å². The molecule has 0 spiro atoms. The molecule has 0 aliphatic heterocycles. The monoisotopic (exact) mass is 300 g/mol. The summed E-state index contributed by atoms with van der Waals surface area (Å²) in [5.41, 5.74) is 2.32. The first-order valence-corrected chi connectivity index (χ1v) is 6.88. The van der Waals surface area contributed by atoms with Crippen molar-refractivity contribution in [1.82, 2.24) is 0 Å². The van der Waals surface area contributed by atoms with Crippen LogP contribution in [0, 0.1) is 12.7 Å². The van der Waals surface area contributed by atoms with Gasteiger partial charge in [-0.2, -0.15) is 0 Å². The normalized spacial score (nSPS) is 10.1. The Hall–Kier alpha value is -2.69. The molecule has 2 N–H and O–H groups in total. The predicted molar refractivity (Wildman–Crippen MR) is 84.2 cm³/mol. The number of anilines is 2. The van der Waals surface area contributed by atoms with Crippen LogP contribution in [0.1, 0.15) is 18.1 Å². The van der Waals surface area contributed by atoms with Crippen molar-refractivity contribution < 1.29 is 14.0 Å². The molecule has 22 heavy (non-hydrogen) atoms. The van der Waals surface area contributed by atoms with E-state index in [0.29, 0.717) is 16.9 Å². The van der Waals surface area contributed by atoms with Crippen molar-refractivity contribution in [3.05, 3.63) is 59.4 Å². The van der Waals surface area contributed by atoms with E-state index in [4.69, 9.17) is 0 Å². The summed E-state index contributed by atoms with van der Waals surface area (Å²) in [4.78, 5) is 23.2. The van der Waals surface area contributed by atoms with Crippen LogP contribution in [0.3, 0.4) is 0 Å². The third-order valence-electron chi connectivity index (χ3n) is 3.23. The maximum atomic E-state index is 13.5. The van der Waals surface area contributed by atoms with Crippen molar-refractivity contribution in [1.29, 1.82) is 0 Å². The van der Waals surface area contributed by atoms with Gasteiger partial charge in [0.05, 0.1) is 6.42 Å². The van der Waals surface area contributed by atoms with Crippen LogP contribution in [-0.2, 0) is 16.0 Å². The summed E-state index contributed by atoms with van der Waals surface area (Å²) in [7, 11) is 0. The number of hydrogen-bond donors (Lipinski definition) is 2. The van der Waals surface area contributed by atoms with Gasteiger partial charge in [0.25, 0.3) is 0 Å². The fourth-order valence-electron chi connectivity index (χ4n) is 2.11. The van der Waals surface area contributed by atoms with Crippen LogP contribution in [0.5, 0.6) is 0 Å². The van der Waals surface area contributed by atoms with Gasteiger partial charge in [0.2, 0.25) is 11.8 Å². The van der Waals surface area contributed by atoms with Gasteiger partial charge in [-0.05, 0) is 36.2 Å². The lowest BCUT2D eigenvalue weighted by Crippen LogP contribution is -2.16. The largest absolute Gasteiger partial charge is 0.326 e. The zero-order valence-corrected chi connectivity index (χ0v) is 12.4. The van der Waals surface area contributed by atoms with Crippen LogP contribution in [-0.4, -0.2) is 11.8 Å². The molecule has 0 aliphatic rings. The molecular formula is C17H17FN2O2. The summed E-state index contributed by atoms with van der Waals surface area (Å²) >= 11 is 0. The lowest BCUT2D eigenvalue weighted by atomic mass is 10.1. The van der Waals surface area contributed by atoms with Crippen LogP contribution < -0.4 is 10.6 Å². The molecule has 0 heterocycles. The van der Waals surface area contributed by atoms with E-state index in [0.717, 1.165) is 5.56 Å². The Morgan fingerprint density at radius 3 is 2.27 bits per heavy atom. The van der Waals surface area contributed by atoms with E-state index < -0.39 is 5.82 Å². The number of halogens is 1. The zero-order chi connectivity index (χ0) is 16.1. The molecule has 2 aromatic carbocycles. The highest BCUT2D eigenvalue weighted by molar-refractivity contribution is 5.95. The molecule has 0 aromatic heterocycles. The highest BCUT2D eigenvalue weighted by atomic mass is 19.1. The Kier molecular flexibility index (Phi) is 4.88. The van der Waals surface area contributed by atoms with E-state index in [1.807, 2.05) is 0 Å². The second-order valence-electron chi connectivity index (χ2n) is 4.98. The highest BCUT2D eigenvalue weighted by Gasteiger charge is 2.11. The second-order valence-corrected chi connectivity index (χ2v) is 4.98. The Morgan fingerprint density at radius 2 is 1.64 bits per heavy atom. The first kappa shape index (κ1) is 15.7.